The van der Waals surface area contributed by atoms with Crippen molar-refractivity contribution < 1.29 is 9.53 Å². The zero-order chi connectivity index (χ0) is 15.5. The zero-order valence-electron chi connectivity index (χ0n) is 13.1. The number of ether oxygens (including phenoxy) is 1. The number of nitrogens with one attached hydrogen (secondary N) is 1. The number of hydrogen-bond donors (Lipinski definition) is 1. The molecule has 0 spiro atoms. The molecule has 0 aliphatic carbocycles. The topological polar surface area (TPSA) is 59.4 Å². The van der Waals surface area contributed by atoms with Gasteiger partial charge in [0.05, 0.1) is 30.8 Å². The van der Waals surface area contributed by atoms with Gasteiger partial charge >= 0.3 is 0 Å². The number of morpholine rings is 1. The van der Waals surface area contributed by atoms with Crippen LogP contribution in [0.2, 0.25) is 0 Å². The molecule has 0 bridgehead atoms. The third kappa shape index (κ3) is 3.13. The molecule has 1 amide bonds. The van der Waals surface area contributed by atoms with Gasteiger partial charge in [-0.25, -0.2) is 4.98 Å². The molecule has 22 heavy (non-hydrogen) atoms. The first-order valence-electron chi connectivity index (χ1n) is 7.74. The number of hydrogen-bond acceptors (Lipinski definition) is 4. The third-order valence-electron chi connectivity index (χ3n) is 3.93. The van der Waals surface area contributed by atoms with Crippen molar-refractivity contribution in [3.05, 3.63) is 24.0 Å². The summed E-state index contributed by atoms with van der Waals surface area (Å²) in [6.45, 7) is 8.84. The van der Waals surface area contributed by atoms with Crippen molar-refractivity contribution in [1.82, 2.24) is 14.5 Å². The quantitative estimate of drug-likeness (QED) is 0.936. The Kier molecular flexibility index (Phi) is 4.40. The second kappa shape index (κ2) is 6.46. The van der Waals surface area contributed by atoms with Gasteiger partial charge in [-0.3, -0.25) is 9.69 Å². The fraction of sp³-hybridized carbons (Fsp3) is 0.500. The van der Waals surface area contributed by atoms with Crippen molar-refractivity contribution >= 4 is 22.6 Å². The average molecular weight is 302 g/mol. The van der Waals surface area contributed by atoms with Gasteiger partial charge in [0.1, 0.15) is 5.82 Å². The van der Waals surface area contributed by atoms with Crippen LogP contribution in [0.25, 0.3) is 11.0 Å². The summed E-state index contributed by atoms with van der Waals surface area (Å²) in [5.74, 6) is 1.00. The lowest BCUT2D eigenvalue weighted by Crippen LogP contribution is -2.36. The summed E-state index contributed by atoms with van der Waals surface area (Å²) in [6, 6.07) is 5.89. The minimum absolute atomic E-state index is 0.0668. The number of anilines is 1. The first-order chi connectivity index (χ1) is 10.7. The highest BCUT2D eigenvalue weighted by Crippen LogP contribution is 2.21. The fourth-order valence-electron chi connectivity index (χ4n) is 2.89. The van der Waals surface area contributed by atoms with E-state index in [-0.39, 0.29) is 5.91 Å². The number of nitrogens with zero attached hydrogens (tertiary/aromatic N) is 3. The van der Waals surface area contributed by atoms with Crippen molar-refractivity contribution in [3.8, 4) is 0 Å². The van der Waals surface area contributed by atoms with Gasteiger partial charge in [-0.05, 0) is 25.1 Å². The number of amides is 1. The maximum absolute atomic E-state index is 11.2. The predicted molar refractivity (Wildman–Crippen MR) is 85.8 cm³/mol. The highest BCUT2D eigenvalue weighted by atomic mass is 16.5. The van der Waals surface area contributed by atoms with Gasteiger partial charge in [-0.2, -0.15) is 0 Å². The number of aryl methyl sites for hydroxylation is 1. The molecule has 6 heteroatoms. The van der Waals surface area contributed by atoms with Gasteiger partial charge in [-0.1, -0.05) is 0 Å². The lowest BCUT2D eigenvalue weighted by molar-refractivity contribution is -0.114. The summed E-state index contributed by atoms with van der Waals surface area (Å²) >= 11 is 0. The molecule has 6 nitrogen and oxygen atoms in total. The second-order valence-electron chi connectivity index (χ2n) is 5.55. The Morgan fingerprint density at radius 2 is 2.14 bits per heavy atom. The molecule has 3 rings (SSSR count). The van der Waals surface area contributed by atoms with E-state index in [1.165, 1.54) is 6.92 Å². The standard InChI is InChI=1S/C16H22N4O2/c1-3-20-15-5-4-13(17-12(2)21)10-14(15)18-16(20)11-19-6-8-22-9-7-19/h4-5,10H,3,6-9,11H2,1-2H3,(H,17,21). The van der Waals surface area contributed by atoms with E-state index in [4.69, 9.17) is 9.72 Å². The van der Waals surface area contributed by atoms with Crippen molar-refractivity contribution in [2.45, 2.75) is 26.9 Å². The van der Waals surface area contributed by atoms with Crippen LogP contribution in [0.3, 0.4) is 0 Å². The highest BCUT2D eigenvalue weighted by Gasteiger charge is 2.16. The van der Waals surface area contributed by atoms with Crippen LogP contribution in [0, 0.1) is 0 Å². The number of benzene rings is 1. The minimum atomic E-state index is -0.0668. The number of rotatable bonds is 4. The normalized spacial score (nSPS) is 16.1. The van der Waals surface area contributed by atoms with Gasteiger partial charge in [0.25, 0.3) is 0 Å². The molecular weight excluding hydrogens is 280 g/mol. The Morgan fingerprint density at radius 3 is 2.82 bits per heavy atom. The Morgan fingerprint density at radius 1 is 1.36 bits per heavy atom. The van der Waals surface area contributed by atoms with Crippen LogP contribution in [-0.2, 0) is 22.6 Å². The summed E-state index contributed by atoms with van der Waals surface area (Å²) in [5, 5.41) is 2.81. The van der Waals surface area contributed by atoms with E-state index in [0.29, 0.717) is 0 Å². The molecule has 1 N–H and O–H groups in total. The number of aromatic nitrogens is 2. The van der Waals surface area contributed by atoms with E-state index in [9.17, 15) is 4.79 Å². The molecular formula is C16H22N4O2. The van der Waals surface area contributed by atoms with Crippen LogP contribution >= 0.6 is 0 Å². The molecule has 1 saturated heterocycles. The molecule has 1 aromatic carbocycles. The minimum Gasteiger partial charge on any atom is -0.379 e. The van der Waals surface area contributed by atoms with Crippen molar-refractivity contribution in [2.75, 3.05) is 31.6 Å². The van der Waals surface area contributed by atoms with E-state index >= 15 is 0 Å². The maximum Gasteiger partial charge on any atom is 0.221 e. The largest absolute Gasteiger partial charge is 0.379 e. The number of carbonyl (C=O) groups excluding carboxylic acids is 1. The highest BCUT2D eigenvalue weighted by molar-refractivity contribution is 5.91. The summed E-state index contributed by atoms with van der Waals surface area (Å²) in [7, 11) is 0. The Bertz CT molecular complexity index is 674. The monoisotopic (exact) mass is 302 g/mol. The molecule has 2 aromatic rings. The lowest BCUT2D eigenvalue weighted by atomic mass is 10.2. The van der Waals surface area contributed by atoms with Gasteiger partial charge in [0.15, 0.2) is 0 Å². The molecule has 0 unspecified atom stereocenters. The molecule has 0 saturated carbocycles. The molecule has 2 heterocycles. The molecule has 1 aliphatic heterocycles. The van der Waals surface area contributed by atoms with Gasteiger partial charge in [0, 0.05) is 32.2 Å². The van der Waals surface area contributed by atoms with Gasteiger partial charge < -0.3 is 14.6 Å². The first-order valence-corrected chi connectivity index (χ1v) is 7.74. The van der Waals surface area contributed by atoms with Gasteiger partial charge in [-0.15, -0.1) is 0 Å². The predicted octanol–water partition coefficient (Wildman–Crippen LogP) is 1.85. The van der Waals surface area contributed by atoms with Gasteiger partial charge in [0.2, 0.25) is 5.91 Å². The maximum atomic E-state index is 11.2. The lowest BCUT2D eigenvalue weighted by Gasteiger charge is -2.26. The smallest absolute Gasteiger partial charge is 0.221 e. The van der Waals surface area contributed by atoms with Crippen molar-refractivity contribution in [2.24, 2.45) is 0 Å². The van der Waals surface area contributed by atoms with Crippen LogP contribution < -0.4 is 5.32 Å². The molecule has 1 aliphatic rings. The van der Waals surface area contributed by atoms with Crippen LogP contribution in [0.1, 0.15) is 19.7 Å². The summed E-state index contributed by atoms with van der Waals surface area (Å²) in [6.07, 6.45) is 0. The van der Waals surface area contributed by atoms with E-state index in [1.54, 1.807) is 0 Å². The van der Waals surface area contributed by atoms with E-state index < -0.39 is 0 Å². The van der Waals surface area contributed by atoms with Crippen LogP contribution in [0.15, 0.2) is 18.2 Å². The number of carbonyl (C=O) groups is 1. The Balaban J connectivity index is 1.90. The molecule has 0 radical (unpaired) electrons. The Labute approximate surface area is 130 Å². The van der Waals surface area contributed by atoms with E-state index in [2.05, 4.69) is 21.7 Å². The average Bonchev–Trinajstić information content (AvgIpc) is 2.83. The van der Waals surface area contributed by atoms with Crippen molar-refractivity contribution in [1.29, 1.82) is 0 Å². The summed E-state index contributed by atoms with van der Waals surface area (Å²) < 4.78 is 7.63. The summed E-state index contributed by atoms with van der Waals surface area (Å²) in [5.41, 5.74) is 2.83. The third-order valence-corrected chi connectivity index (χ3v) is 3.93. The number of imidazole rings is 1. The second-order valence-corrected chi connectivity index (χ2v) is 5.55. The van der Waals surface area contributed by atoms with Crippen LogP contribution in [-0.4, -0.2) is 46.7 Å². The zero-order valence-corrected chi connectivity index (χ0v) is 13.1. The molecule has 0 atom stereocenters. The first kappa shape index (κ1) is 15.0. The van der Waals surface area contributed by atoms with E-state index in [1.807, 2.05) is 18.2 Å². The van der Waals surface area contributed by atoms with Crippen molar-refractivity contribution in [3.63, 3.8) is 0 Å². The molecule has 118 valence electrons. The molecule has 1 fully saturated rings. The molecule has 1 aromatic heterocycles. The van der Waals surface area contributed by atoms with Crippen LogP contribution in [0.4, 0.5) is 5.69 Å². The fourth-order valence-corrected chi connectivity index (χ4v) is 2.89. The Hall–Kier alpha value is -1.92. The summed E-state index contributed by atoms with van der Waals surface area (Å²) in [4.78, 5) is 18.3. The van der Waals surface area contributed by atoms with E-state index in [0.717, 1.165) is 61.9 Å². The number of fused-ring (bicyclic) bond motifs is 1. The SMILES string of the molecule is CCn1c(CN2CCOCC2)nc2cc(NC(C)=O)ccc21. The van der Waals surface area contributed by atoms with Crippen LogP contribution in [0.5, 0.6) is 0 Å².